The van der Waals surface area contributed by atoms with Crippen LogP contribution in [0, 0.1) is 11.3 Å². The minimum absolute atomic E-state index is 0.286. The first-order valence-corrected chi connectivity index (χ1v) is 3.84. The van der Waals surface area contributed by atoms with Crippen LogP contribution in [0.15, 0.2) is 0 Å². The second-order valence-electron chi connectivity index (χ2n) is 3.46. The van der Waals surface area contributed by atoms with Crippen LogP contribution in [-0.2, 0) is 0 Å². The minimum Gasteiger partial charge on any atom is -0.396 e. The normalized spacial score (nSPS) is 42.3. The lowest BCUT2D eigenvalue weighted by atomic mass is 9.61. The Kier molecular flexibility index (Phi) is 1.80. The van der Waals surface area contributed by atoms with Crippen molar-refractivity contribution in [1.29, 1.82) is 0 Å². The van der Waals surface area contributed by atoms with Crippen LogP contribution in [0.25, 0.3) is 0 Å². The third-order valence-corrected chi connectivity index (χ3v) is 2.90. The number of aliphatic hydroxyl groups is 1. The Hall–Kier alpha value is -0.0400. The lowest BCUT2D eigenvalue weighted by Crippen LogP contribution is -2.40. The van der Waals surface area contributed by atoms with E-state index in [0.717, 1.165) is 5.92 Å². The van der Waals surface area contributed by atoms with Crippen molar-refractivity contribution in [3.8, 4) is 0 Å². The summed E-state index contributed by atoms with van der Waals surface area (Å²) in [4.78, 5) is 0. The third kappa shape index (κ3) is 0.983. The van der Waals surface area contributed by atoms with Gasteiger partial charge in [0.2, 0.25) is 0 Å². The van der Waals surface area contributed by atoms with Gasteiger partial charge in [0.25, 0.3) is 0 Å². The molecule has 0 radical (unpaired) electrons. The Morgan fingerprint density at radius 3 is 2.44 bits per heavy atom. The van der Waals surface area contributed by atoms with Gasteiger partial charge in [0, 0.05) is 6.61 Å². The van der Waals surface area contributed by atoms with E-state index in [0.29, 0.717) is 6.61 Å². The highest BCUT2D eigenvalue weighted by atomic mass is 16.3. The van der Waals surface area contributed by atoms with Crippen molar-refractivity contribution in [2.24, 2.45) is 11.3 Å². The Morgan fingerprint density at radius 1 is 1.67 bits per heavy atom. The zero-order valence-corrected chi connectivity index (χ0v) is 6.35. The van der Waals surface area contributed by atoms with E-state index in [1.54, 1.807) is 0 Å². The monoisotopic (exact) mass is 128 g/mol. The van der Waals surface area contributed by atoms with E-state index in [9.17, 15) is 0 Å². The molecule has 0 spiro atoms. The molecule has 0 aliphatic heterocycles. The molecule has 1 unspecified atom stereocenters. The molecule has 54 valence electrons. The van der Waals surface area contributed by atoms with Gasteiger partial charge in [-0.05, 0) is 24.2 Å². The molecule has 1 N–H and O–H groups in total. The summed E-state index contributed by atoms with van der Waals surface area (Å²) in [7, 11) is 0. The van der Waals surface area contributed by atoms with Crippen LogP contribution in [0.1, 0.15) is 33.1 Å². The van der Waals surface area contributed by atoms with E-state index in [4.69, 9.17) is 5.11 Å². The topological polar surface area (TPSA) is 20.2 Å². The van der Waals surface area contributed by atoms with Crippen LogP contribution in [0.2, 0.25) is 0 Å². The van der Waals surface area contributed by atoms with E-state index in [1.807, 2.05) is 0 Å². The average Bonchev–Trinajstić information content (AvgIpc) is 1.85. The lowest BCUT2D eigenvalue weighted by molar-refractivity contribution is -0.0115. The molecule has 0 aromatic heterocycles. The quantitative estimate of drug-likeness (QED) is 0.601. The van der Waals surface area contributed by atoms with Gasteiger partial charge in [-0.3, -0.25) is 0 Å². The van der Waals surface area contributed by atoms with Crippen LogP contribution in [0.3, 0.4) is 0 Å². The summed E-state index contributed by atoms with van der Waals surface area (Å²) in [6.45, 7) is 4.77. The summed E-state index contributed by atoms with van der Waals surface area (Å²) < 4.78 is 0. The molecule has 0 bridgehead atoms. The predicted octanol–water partition coefficient (Wildman–Crippen LogP) is 1.81. The molecule has 9 heavy (non-hydrogen) atoms. The predicted molar refractivity (Wildman–Crippen MR) is 38.2 cm³/mol. The largest absolute Gasteiger partial charge is 0.396 e. The van der Waals surface area contributed by atoms with Gasteiger partial charge in [0.15, 0.2) is 0 Å². The van der Waals surface area contributed by atoms with Crippen LogP contribution in [0.5, 0.6) is 0 Å². The second kappa shape index (κ2) is 2.30. The Labute approximate surface area is 57.1 Å². The highest BCUT2D eigenvalue weighted by Gasteiger charge is 2.40. The maximum atomic E-state index is 8.95. The molecule has 1 nitrogen and oxygen atoms in total. The van der Waals surface area contributed by atoms with Gasteiger partial charge in [0.1, 0.15) is 0 Å². The fourth-order valence-corrected chi connectivity index (χ4v) is 1.75. The maximum absolute atomic E-state index is 8.95. The second-order valence-corrected chi connectivity index (χ2v) is 3.46. The van der Waals surface area contributed by atoms with E-state index in [-0.39, 0.29) is 5.41 Å². The molecule has 0 aromatic carbocycles. The molecule has 1 aliphatic carbocycles. The molecule has 1 aliphatic rings. The Bertz CT molecular complexity index is 94.7. The molecule has 0 amide bonds. The van der Waals surface area contributed by atoms with Crippen molar-refractivity contribution < 1.29 is 5.11 Å². The van der Waals surface area contributed by atoms with Gasteiger partial charge in [-0.25, -0.2) is 0 Å². The van der Waals surface area contributed by atoms with E-state index < -0.39 is 0 Å². The first-order valence-electron chi connectivity index (χ1n) is 3.84. The van der Waals surface area contributed by atoms with E-state index in [2.05, 4.69) is 13.8 Å². The van der Waals surface area contributed by atoms with Crippen LogP contribution in [0.4, 0.5) is 0 Å². The van der Waals surface area contributed by atoms with Crippen molar-refractivity contribution in [2.45, 2.75) is 33.1 Å². The van der Waals surface area contributed by atoms with Crippen LogP contribution < -0.4 is 0 Å². The van der Waals surface area contributed by atoms with E-state index in [1.165, 1.54) is 19.3 Å². The molecule has 1 rings (SSSR count). The highest BCUT2D eigenvalue weighted by molar-refractivity contribution is 4.90. The molecule has 0 aromatic rings. The third-order valence-electron chi connectivity index (χ3n) is 2.90. The van der Waals surface area contributed by atoms with Crippen molar-refractivity contribution in [3.05, 3.63) is 0 Å². The van der Waals surface area contributed by atoms with Gasteiger partial charge in [0.05, 0.1) is 0 Å². The van der Waals surface area contributed by atoms with Crippen molar-refractivity contribution in [1.82, 2.24) is 0 Å². The van der Waals surface area contributed by atoms with Crippen molar-refractivity contribution in [2.75, 3.05) is 6.61 Å². The van der Waals surface area contributed by atoms with Gasteiger partial charge < -0.3 is 5.11 Å². The summed E-state index contributed by atoms with van der Waals surface area (Å²) in [6.07, 6.45) is 3.78. The molecular formula is C8H16O. The number of hydrogen-bond acceptors (Lipinski definition) is 1. The molecular weight excluding hydrogens is 112 g/mol. The SMILES string of the molecule is CCC1CC[C@@]1(C)CO. The van der Waals surface area contributed by atoms with Gasteiger partial charge in [-0.1, -0.05) is 20.3 Å². The van der Waals surface area contributed by atoms with E-state index >= 15 is 0 Å². The summed E-state index contributed by atoms with van der Waals surface area (Å²) in [5.41, 5.74) is 0.286. The molecule has 0 heterocycles. The van der Waals surface area contributed by atoms with Crippen LogP contribution >= 0.6 is 0 Å². The molecule has 1 saturated carbocycles. The average molecular weight is 128 g/mol. The molecule has 1 heteroatoms. The maximum Gasteiger partial charge on any atom is 0.0487 e. The first-order chi connectivity index (χ1) is 4.23. The standard InChI is InChI=1S/C8H16O/c1-3-7-4-5-8(7,2)6-9/h7,9H,3-6H2,1-2H3/t7?,8-/m0/s1. The Morgan fingerprint density at radius 2 is 2.33 bits per heavy atom. The Balaban J connectivity index is 2.41. The lowest BCUT2D eigenvalue weighted by Gasteiger charge is -2.45. The first kappa shape index (κ1) is 7.07. The molecule has 1 fully saturated rings. The van der Waals surface area contributed by atoms with Crippen molar-refractivity contribution >= 4 is 0 Å². The van der Waals surface area contributed by atoms with Crippen LogP contribution in [-0.4, -0.2) is 11.7 Å². The summed E-state index contributed by atoms with van der Waals surface area (Å²) in [5, 5.41) is 8.95. The summed E-state index contributed by atoms with van der Waals surface area (Å²) in [6, 6.07) is 0. The number of hydrogen-bond donors (Lipinski definition) is 1. The number of rotatable bonds is 2. The summed E-state index contributed by atoms with van der Waals surface area (Å²) >= 11 is 0. The summed E-state index contributed by atoms with van der Waals surface area (Å²) in [5.74, 6) is 0.794. The molecule has 0 saturated heterocycles. The van der Waals surface area contributed by atoms with Crippen molar-refractivity contribution in [3.63, 3.8) is 0 Å². The van der Waals surface area contributed by atoms with Gasteiger partial charge in [-0.15, -0.1) is 0 Å². The number of aliphatic hydroxyl groups excluding tert-OH is 1. The zero-order valence-electron chi connectivity index (χ0n) is 6.35. The van der Waals surface area contributed by atoms with Gasteiger partial charge in [-0.2, -0.15) is 0 Å². The zero-order chi connectivity index (χ0) is 6.91. The smallest absolute Gasteiger partial charge is 0.0487 e. The molecule has 2 atom stereocenters. The minimum atomic E-state index is 0.286. The fourth-order valence-electron chi connectivity index (χ4n) is 1.75. The fraction of sp³-hybridized carbons (Fsp3) is 1.00. The highest BCUT2D eigenvalue weighted by Crippen LogP contribution is 2.47. The van der Waals surface area contributed by atoms with Gasteiger partial charge >= 0.3 is 0 Å².